The number of pyridine rings is 1. The van der Waals surface area contributed by atoms with Crippen molar-refractivity contribution in [3.63, 3.8) is 0 Å². The molecule has 0 saturated carbocycles. The van der Waals surface area contributed by atoms with Crippen LogP contribution in [0.25, 0.3) is 0 Å². The molecule has 1 unspecified atom stereocenters. The van der Waals surface area contributed by atoms with Gasteiger partial charge in [0.25, 0.3) is 5.91 Å². The molecule has 1 N–H and O–H groups in total. The number of hydrogen-bond donors (Lipinski definition) is 1. The van der Waals surface area contributed by atoms with Crippen LogP contribution in [-0.4, -0.2) is 35.9 Å². The number of rotatable bonds is 6. The van der Waals surface area contributed by atoms with Crippen LogP contribution in [0, 0.1) is 11.3 Å². The fourth-order valence-corrected chi connectivity index (χ4v) is 1.90. The third kappa shape index (κ3) is 3.95. The van der Waals surface area contributed by atoms with Crippen LogP contribution >= 0.6 is 0 Å². The first-order valence-electron chi connectivity index (χ1n) is 6.86. The third-order valence-corrected chi connectivity index (χ3v) is 3.26. The highest BCUT2D eigenvalue weighted by Crippen LogP contribution is 2.15. The van der Waals surface area contributed by atoms with Gasteiger partial charge in [0.1, 0.15) is 5.82 Å². The summed E-state index contributed by atoms with van der Waals surface area (Å²) in [6, 6.07) is 5.57. The van der Waals surface area contributed by atoms with Gasteiger partial charge in [-0.15, -0.1) is 0 Å². The Balaban J connectivity index is 3.02. The number of aryl methyl sites for hydroxylation is 1. The molecule has 0 radical (unpaired) electrons. The molecule has 5 heteroatoms. The Labute approximate surface area is 120 Å². The Kier molecular flexibility index (Phi) is 5.98. The molecule has 0 fully saturated rings. The van der Waals surface area contributed by atoms with Gasteiger partial charge in [-0.1, -0.05) is 13.3 Å². The highest BCUT2D eigenvalue weighted by atomic mass is 16.2. The van der Waals surface area contributed by atoms with E-state index in [9.17, 15) is 4.79 Å². The molecule has 5 nitrogen and oxygen atoms in total. The smallest absolute Gasteiger partial charge is 0.254 e. The van der Waals surface area contributed by atoms with Gasteiger partial charge in [-0.05, 0) is 25.5 Å². The molecule has 1 aromatic rings. The maximum Gasteiger partial charge on any atom is 0.254 e. The van der Waals surface area contributed by atoms with Crippen molar-refractivity contribution < 1.29 is 4.79 Å². The summed E-state index contributed by atoms with van der Waals surface area (Å²) in [5.74, 6) is 0.615. The first-order chi connectivity index (χ1) is 9.53. The largest absolute Gasteiger partial charge is 0.373 e. The van der Waals surface area contributed by atoms with Crippen molar-refractivity contribution in [1.29, 1.82) is 5.26 Å². The summed E-state index contributed by atoms with van der Waals surface area (Å²) in [5.41, 5.74) is 1.52. The van der Waals surface area contributed by atoms with Crippen LogP contribution in [0.4, 0.5) is 5.82 Å². The van der Waals surface area contributed by atoms with E-state index in [1.807, 2.05) is 13.0 Å². The summed E-state index contributed by atoms with van der Waals surface area (Å²) in [5, 5.41) is 11.7. The van der Waals surface area contributed by atoms with Gasteiger partial charge in [-0.2, -0.15) is 5.26 Å². The predicted octanol–water partition coefficient (Wildman–Crippen LogP) is 2.45. The molecule has 108 valence electrons. The molecule has 0 bridgehead atoms. The summed E-state index contributed by atoms with van der Waals surface area (Å²) in [7, 11) is 3.51. The number of anilines is 1. The van der Waals surface area contributed by atoms with Gasteiger partial charge in [0.2, 0.25) is 0 Å². The van der Waals surface area contributed by atoms with Gasteiger partial charge in [0.05, 0.1) is 12.5 Å². The molecular formula is C15H22N4O. The number of nitrogens with zero attached hydrogens (tertiary/aromatic N) is 3. The predicted molar refractivity (Wildman–Crippen MR) is 79.6 cm³/mol. The molecule has 1 rings (SSSR count). The maximum absolute atomic E-state index is 12.4. The van der Waals surface area contributed by atoms with Crippen molar-refractivity contribution in [3.05, 3.63) is 23.4 Å². The van der Waals surface area contributed by atoms with E-state index in [0.29, 0.717) is 17.8 Å². The molecule has 1 heterocycles. The second-order valence-corrected chi connectivity index (χ2v) is 4.86. The first-order valence-corrected chi connectivity index (χ1v) is 6.86. The molecule has 0 aromatic carbocycles. The summed E-state index contributed by atoms with van der Waals surface area (Å²) >= 11 is 0. The van der Waals surface area contributed by atoms with Crippen LogP contribution in [0.5, 0.6) is 0 Å². The first kappa shape index (κ1) is 16.0. The van der Waals surface area contributed by atoms with E-state index in [1.165, 1.54) is 0 Å². The number of aromatic nitrogens is 1. The number of carbonyl (C=O) groups excluding carboxylic acids is 1. The minimum atomic E-state index is -0.103. The van der Waals surface area contributed by atoms with Crippen LogP contribution in [0.2, 0.25) is 0 Å². The molecule has 0 saturated heterocycles. The van der Waals surface area contributed by atoms with Gasteiger partial charge in [-0.3, -0.25) is 4.79 Å². The summed E-state index contributed by atoms with van der Waals surface area (Å²) in [6.45, 7) is 3.95. The van der Waals surface area contributed by atoms with Gasteiger partial charge in [0, 0.05) is 31.4 Å². The van der Waals surface area contributed by atoms with Crippen LogP contribution in [0.1, 0.15) is 42.7 Å². The fourth-order valence-electron chi connectivity index (χ4n) is 1.90. The number of nitrogens with one attached hydrogen (secondary N) is 1. The molecule has 1 atom stereocenters. The van der Waals surface area contributed by atoms with Crippen molar-refractivity contribution in [3.8, 4) is 6.07 Å². The molecule has 1 aromatic heterocycles. The van der Waals surface area contributed by atoms with Crippen molar-refractivity contribution >= 4 is 11.7 Å². The molecule has 20 heavy (non-hydrogen) atoms. The zero-order valence-corrected chi connectivity index (χ0v) is 12.6. The highest BCUT2D eigenvalue weighted by molar-refractivity contribution is 5.95. The van der Waals surface area contributed by atoms with Gasteiger partial charge in [-0.25, -0.2) is 4.98 Å². The summed E-state index contributed by atoms with van der Waals surface area (Å²) < 4.78 is 0. The zero-order valence-electron chi connectivity index (χ0n) is 12.6. The van der Waals surface area contributed by atoms with Crippen molar-refractivity contribution in [2.75, 3.05) is 19.4 Å². The van der Waals surface area contributed by atoms with Crippen LogP contribution in [-0.2, 0) is 6.42 Å². The van der Waals surface area contributed by atoms with Gasteiger partial charge in [0.15, 0.2) is 0 Å². The van der Waals surface area contributed by atoms with E-state index in [0.717, 1.165) is 18.5 Å². The number of hydrogen-bond acceptors (Lipinski definition) is 4. The Morgan fingerprint density at radius 2 is 2.25 bits per heavy atom. The van der Waals surface area contributed by atoms with E-state index < -0.39 is 0 Å². The average molecular weight is 274 g/mol. The maximum atomic E-state index is 12.4. The van der Waals surface area contributed by atoms with E-state index in [2.05, 4.69) is 23.3 Å². The SMILES string of the molecule is CCCc1cc(C(=O)N(C)C(C)CC#N)cc(NC)n1. The van der Waals surface area contributed by atoms with Gasteiger partial charge < -0.3 is 10.2 Å². The highest BCUT2D eigenvalue weighted by Gasteiger charge is 2.18. The topological polar surface area (TPSA) is 69.0 Å². The van der Waals surface area contributed by atoms with E-state index in [1.54, 1.807) is 25.1 Å². The van der Waals surface area contributed by atoms with E-state index >= 15 is 0 Å². The lowest BCUT2D eigenvalue weighted by Gasteiger charge is -2.23. The lowest BCUT2D eigenvalue weighted by Crippen LogP contribution is -2.35. The Bertz CT molecular complexity index is 507. The molecular weight excluding hydrogens is 252 g/mol. The standard InChI is InChI=1S/C15H22N4O/c1-5-6-13-9-12(10-14(17-3)18-13)15(20)19(4)11(2)7-8-16/h9-11H,5-7H2,1-4H3,(H,17,18). The second-order valence-electron chi connectivity index (χ2n) is 4.86. The van der Waals surface area contributed by atoms with Crippen LogP contribution in [0.15, 0.2) is 12.1 Å². The lowest BCUT2D eigenvalue weighted by atomic mass is 10.1. The second kappa shape index (κ2) is 7.49. The minimum Gasteiger partial charge on any atom is -0.373 e. The van der Waals surface area contributed by atoms with Gasteiger partial charge >= 0.3 is 0 Å². The zero-order chi connectivity index (χ0) is 15.1. The van der Waals surface area contributed by atoms with Crippen molar-refractivity contribution in [2.24, 2.45) is 0 Å². The van der Waals surface area contributed by atoms with E-state index in [4.69, 9.17) is 5.26 Å². The Hall–Kier alpha value is -2.09. The van der Waals surface area contributed by atoms with Crippen LogP contribution < -0.4 is 5.32 Å². The average Bonchev–Trinajstić information content (AvgIpc) is 2.45. The molecule has 1 amide bonds. The van der Waals surface area contributed by atoms with E-state index in [-0.39, 0.29) is 11.9 Å². The summed E-state index contributed by atoms with van der Waals surface area (Å²) in [4.78, 5) is 18.5. The summed E-state index contributed by atoms with van der Waals surface area (Å²) in [6.07, 6.45) is 2.15. The molecule has 0 aliphatic carbocycles. The number of amides is 1. The molecule has 0 aliphatic heterocycles. The van der Waals surface area contributed by atoms with Crippen molar-refractivity contribution in [2.45, 2.75) is 39.2 Å². The van der Waals surface area contributed by atoms with Crippen LogP contribution in [0.3, 0.4) is 0 Å². The van der Waals surface area contributed by atoms with Crippen molar-refractivity contribution in [1.82, 2.24) is 9.88 Å². The molecule has 0 aliphatic rings. The number of nitriles is 1. The fraction of sp³-hybridized carbons (Fsp3) is 0.533. The monoisotopic (exact) mass is 274 g/mol. The normalized spacial score (nSPS) is 11.6. The third-order valence-electron chi connectivity index (χ3n) is 3.26. The lowest BCUT2D eigenvalue weighted by molar-refractivity contribution is 0.0746. The Morgan fingerprint density at radius 1 is 1.55 bits per heavy atom. The number of carbonyl (C=O) groups is 1. The quantitative estimate of drug-likeness (QED) is 0.865. The minimum absolute atomic E-state index is 0.0796. The Morgan fingerprint density at radius 3 is 2.80 bits per heavy atom. The molecule has 0 spiro atoms.